The zero-order chi connectivity index (χ0) is 10.7. The molecule has 1 heterocycles. The Morgan fingerprint density at radius 1 is 1.27 bits per heavy atom. The van der Waals surface area contributed by atoms with Crippen LogP contribution in [-0.2, 0) is 6.42 Å². The van der Waals surface area contributed by atoms with E-state index in [2.05, 4.69) is 18.0 Å². The second-order valence-corrected chi connectivity index (χ2v) is 3.75. The summed E-state index contributed by atoms with van der Waals surface area (Å²) >= 11 is 5.82. The highest BCUT2D eigenvalue weighted by Crippen LogP contribution is 2.19. The molecule has 0 saturated heterocycles. The Kier molecular flexibility index (Phi) is 3.02. The van der Waals surface area contributed by atoms with Crippen molar-refractivity contribution in [1.29, 1.82) is 0 Å². The Morgan fingerprint density at radius 3 is 2.53 bits per heavy atom. The molecule has 0 saturated carbocycles. The Hall–Kier alpha value is -1.34. The van der Waals surface area contributed by atoms with E-state index in [4.69, 9.17) is 11.6 Å². The summed E-state index contributed by atoms with van der Waals surface area (Å²) in [6.07, 6.45) is 2.83. The largest absolute Gasteiger partial charge is 0.256 e. The molecule has 0 amide bonds. The van der Waals surface area contributed by atoms with Gasteiger partial charge >= 0.3 is 0 Å². The van der Waals surface area contributed by atoms with Gasteiger partial charge in [-0.3, -0.25) is 4.98 Å². The number of nitrogens with zero attached hydrogens (tertiary/aromatic N) is 1. The first-order chi connectivity index (χ1) is 7.29. The van der Waals surface area contributed by atoms with E-state index in [-0.39, 0.29) is 0 Å². The van der Waals surface area contributed by atoms with Crippen LogP contribution in [0.5, 0.6) is 0 Å². The lowest BCUT2D eigenvalue weighted by atomic mass is 10.1. The van der Waals surface area contributed by atoms with Crippen LogP contribution < -0.4 is 0 Å². The lowest BCUT2D eigenvalue weighted by Gasteiger charge is -2.01. The third-order valence-electron chi connectivity index (χ3n) is 2.27. The lowest BCUT2D eigenvalue weighted by molar-refractivity contribution is 1.10. The van der Waals surface area contributed by atoms with Crippen molar-refractivity contribution in [2.45, 2.75) is 13.3 Å². The van der Waals surface area contributed by atoms with Crippen molar-refractivity contribution in [1.82, 2.24) is 4.98 Å². The number of aromatic nitrogens is 1. The van der Waals surface area contributed by atoms with Gasteiger partial charge < -0.3 is 0 Å². The van der Waals surface area contributed by atoms with E-state index >= 15 is 0 Å². The second-order valence-electron chi connectivity index (χ2n) is 3.32. The molecular formula is C13H11ClN. The molecule has 0 N–H and O–H groups in total. The molecule has 75 valence electrons. The summed E-state index contributed by atoms with van der Waals surface area (Å²) in [5, 5.41) is 0.743. The SMILES string of the molecule is CCc1[c]cc(-c2ccc(Cl)cc2)nc1. The quantitative estimate of drug-likeness (QED) is 0.745. The van der Waals surface area contributed by atoms with Gasteiger partial charge in [0.05, 0.1) is 5.69 Å². The minimum atomic E-state index is 0.743. The fourth-order valence-corrected chi connectivity index (χ4v) is 1.48. The van der Waals surface area contributed by atoms with Crippen LogP contribution in [0.4, 0.5) is 0 Å². The average molecular weight is 217 g/mol. The predicted octanol–water partition coefficient (Wildman–Crippen LogP) is 3.76. The summed E-state index contributed by atoms with van der Waals surface area (Å²) < 4.78 is 0. The first kappa shape index (κ1) is 10.2. The van der Waals surface area contributed by atoms with E-state index in [0.717, 1.165) is 28.3 Å². The van der Waals surface area contributed by atoms with Crippen LogP contribution in [-0.4, -0.2) is 4.98 Å². The van der Waals surface area contributed by atoms with Gasteiger partial charge in [0.15, 0.2) is 0 Å². The van der Waals surface area contributed by atoms with Crippen molar-refractivity contribution in [3.05, 3.63) is 53.2 Å². The molecule has 1 aromatic carbocycles. The van der Waals surface area contributed by atoms with Gasteiger partial charge in [-0.1, -0.05) is 30.7 Å². The molecule has 0 spiro atoms. The Bertz CT molecular complexity index is 431. The maximum absolute atomic E-state index is 5.82. The molecule has 15 heavy (non-hydrogen) atoms. The van der Waals surface area contributed by atoms with Gasteiger partial charge in [0.25, 0.3) is 0 Å². The molecule has 1 aromatic heterocycles. The Labute approximate surface area is 94.7 Å². The molecule has 1 nitrogen and oxygen atoms in total. The fraction of sp³-hybridized carbons (Fsp3) is 0.154. The molecule has 2 rings (SSSR count). The Balaban J connectivity index is 2.33. The molecule has 2 aromatic rings. The van der Waals surface area contributed by atoms with E-state index in [0.29, 0.717) is 0 Å². The number of hydrogen-bond acceptors (Lipinski definition) is 1. The highest BCUT2D eigenvalue weighted by atomic mass is 35.5. The molecule has 2 heteroatoms. The summed E-state index contributed by atoms with van der Waals surface area (Å²) in [5.41, 5.74) is 3.13. The third kappa shape index (κ3) is 2.37. The first-order valence-corrected chi connectivity index (χ1v) is 5.30. The van der Waals surface area contributed by atoms with E-state index in [1.807, 2.05) is 36.5 Å². The number of rotatable bonds is 2. The van der Waals surface area contributed by atoms with Gasteiger partial charge in [-0.15, -0.1) is 0 Å². The normalized spacial score (nSPS) is 10.3. The number of pyridine rings is 1. The minimum absolute atomic E-state index is 0.743. The zero-order valence-electron chi connectivity index (χ0n) is 8.50. The van der Waals surface area contributed by atoms with Crippen molar-refractivity contribution < 1.29 is 0 Å². The van der Waals surface area contributed by atoms with Crippen LogP contribution in [0.25, 0.3) is 11.3 Å². The van der Waals surface area contributed by atoms with Crippen LogP contribution in [0.15, 0.2) is 36.5 Å². The summed E-state index contributed by atoms with van der Waals surface area (Å²) in [7, 11) is 0. The molecule has 0 aliphatic heterocycles. The molecular weight excluding hydrogens is 206 g/mol. The van der Waals surface area contributed by atoms with Crippen LogP contribution in [0, 0.1) is 6.07 Å². The van der Waals surface area contributed by atoms with Crippen LogP contribution in [0.1, 0.15) is 12.5 Å². The monoisotopic (exact) mass is 216 g/mol. The lowest BCUT2D eigenvalue weighted by Crippen LogP contribution is -1.86. The molecule has 0 unspecified atom stereocenters. The van der Waals surface area contributed by atoms with Crippen molar-refractivity contribution in [2.75, 3.05) is 0 Å². The smallest absolute Gasteiger partial charge is 0.0708 e. The van der Waals surface area contributed by atoms with Gasteiger partial charge in [0.2, 0.25) is 0 Å². The van der Waals surface area contributed by atoms with Gasteiger partial charge in [0, 0.05) is 16.8 Å². The summed E-state index contributed by atoms with van der Waals surface area (Å²) in [6.45, 7) is 2.09. The van der Waals surface area contributed by atoms with Crippen molar-refractivity contribution in [3.8, 4) is 11.3 Å². The third-order valence-corrected chi connectivity index (χ3v) is 2.53. The van der Waals surface area contributed by atoms with Gasteiger partial charge in [-0.05, 0) is 36.2 Å². The van der Waals surface area contributed by atoms with Crippen LogP contribution >= 0.6 is 11.6 Å². The molecule has 0 fully saturated rings. The number of benzene rings is 1. The van der Waals surface area contributed by atoms with Crippen molar-refractivity contribution >= 4 is 11.6 Å². The highest BCUT2D eigenvalue weighted by molar-refractivity contribution is 6.30. The number of halogens is 1. The predicted molar refractivity (Wildman–Crippen MR) is 62.9 cm³/mol. The van der Waals surface area contributed by atoms with E-state index < -0.39 is 0 Å². The molecule has 0 aliphatic carbocycles. The average Bonchev–Trinajstić information content (AvgIpc) is 2.30. The maximum Gasteiger partial charge on any atom is 0.0708 e. The first-order valence-electron chi connectivity index (χ1n) is 4.92. The molecule has 0 bridgehead atoms. The number of aryl methyl sites for hydroxylation is 1. The Morgan fingerprint density at radius 2 is 2.00 bits per heavy atom. The summed E-state index contributed by atoms with van der Waals surface area (Å²) in [4.78, 5) is 4.38. The fourth-order valence-electron chi connectivity index (χ4n) is 1.35. The van der Waals surface area contributed by atoms with Gasteiger partial charge in [-0.2, -0.15) is 0 Å². The summed E-state index contributed by atoms with van der Waals surface area (Å²) in [6, 6.07) is 12.8. The topological polar surface area (TPSA) is 12.9 Å². The van der Waals surface area contributed by atoms with E-state index in [1.54, 1.807) is 0 Å². The number of hydrogen-bond donors (Lipinski definition) is 0. The van der Waals surface area contributed by atoms with Crippen molar-refractivity contribution in [3.63, 3.8) is 0 Å². The van der Waals surface area contributed by atoms with Crippen molar-refractivity contribution in [2.24, 2.45) is 0 Å². The zero-order valence-corrected chi connectivity index (χ0v) is 9.25. The summed E-state index contributed by atoms with van der Waals surface area (Å²) in [5.74, 6) is 0. The molecule has 1 radical (unpaired) electrons. The maximum atomic E-state index is 5.82. The molecule has 0 atom stereocenters. The van der Waals surface area contributed by atoms with E-state index in [1.165, 1.54) is 0 Å². The van der Waals surface area contributed by atoms with Crippen LogP contribution in [0.3, 0.4) is 0 Å². The minimum Gasteiger partial charge on any atom is -0.256 e. The standard InChI is InChI=1S/C13H11ClN/c1-2-10-3-8-13(15-9-10)11-4-6-12(14)7-5-11/h4-9H,2H2,1H3. The van der Waals surface area contributed by atoms with E-state index in [9.17, 15) is 0 Å². The van der Waals surface area contributed by atoms with Gasteiger partial charge in [-0.25, -0.2) is 0 Å². The highest BCUT2D eigenvalue weighted by Gasteiger charge is 1.98. The van der Waals surface area contributed by atoms with Gasteiger partial charge in [0.1, 0.15) is 0 Å². The second kappa shape index (κ2) is 4.45. The van der Waals surface area contributed by atoms with Crippen LogP contribution in [0.2, 0.25) is 5.02 Å². The molecule has 0 aliphatic rings.